The van der Waals surface area contributed by atoms with E-state index in [2.05, 4.69) is 10.6 Å². The second-order valence-corrected chi connectivity index (χ2v) is 5.74. The molecule has 0 saturated carbocycles. The molecule has 2 rings (SSSR count). The van der Waals surface area contributed by atoms with Gasteiger partial charge >= 0.3 is 0 Å². The molecule has 1 amide bonds. The summed E-state index contributed by atoms with van der Waals surface area (Å²) in [6, 6.07) is 6.16. The van der Waals surface area contributed by atoms with Crippen molar-refractivity contribution in [2.45, 2.75) is 38.7 Å². The van der Waals surface area contributed by atoms with E-state index in [9.17, 15) is 9.18 Å². The zero-order chi connectivity index (χ0) is 15.8. The maximum Gasteiger partial charge on any atom is 0.261 e. The van der Waals surface area contributed by atoms with E-state index in [1.807, 2.05) is 6.92 Å². The number of nitrogens with one attached hydrogen (secondary N) is 2. The van der Waals surface area contributed by atoms with Gasteiger partial charge in [-0.25, -0.2) is 4.39 Å². The van der Waals surface area contributed by atoms with Gasteiger partial charge in [-0.2, -0.15) is 0 Å². The number of halogens is 1. The molecule has 0 aliphatic carbocycles. The molecule has 1 fully saturated rings. The first-order chi connectivity index (χ1) is 10.7. The Kier molecular flexibility index (Phi) is 6.65. The number of para-hydroxylation sites is 1. The summed E-state index contributed by atoms with van der Waals surface area (Å²) in [5.41, 5.74) is 0. The van der Waals surface area contributed by atoms with Gasteiger partial charge in [0.05, 0.1) is 0 Å². The van der Waals surface area contributed by atoms with Gasteiger partial charge in [0.1, 0.15) is 0 Å². The molecule has 1 heterocycles. The van der Waals surface area contributed by atoms with E-state index in [1.165, 1.54) is 18.9 Å². The summed E-state index contributed by atoms with van der Waals surface area (Å²) in [5.74, 6) is 0.138. The number of carbonyl (C=O) groups is 1. The fourth-order valence-electron chi connectivity index (χ4n) is 2.70. The number of ether oxygens (including phenoxy) is 1. The van der Waals surface area contributed by atoms with Crippen LogP contribution in [0.3, 0.4) is 0 Å². The van der Waals surface area contributed by atoms with Gasteiger partial charge in [-0.1, -0.05) is 19.1 Å². The number of rotatable bonds is 7. The Morgan fingerprint density at radius 1 is 1.50 bits per heavy atom. The van der Waals surface area contributed by atoms with Crippen LogP contribution in [0.1, 0.15) is 32.6 Å². The molecule has 1 saturated heterocycles. The van der Waals surface area contributed by atoms with Crippen LogP contribution in [0.2, 0.25) is 0 Å². The molecule has 0 aromatic heterocycles. The largest absolute Gasteiger partial charge is 0.478 e. The predicted octanol–water partition coefficient (Wildman–Crippen LogP) is 2.49. The molecule has 1 aliphatic heterocycles. The van der Waals surface area contributed by atoms with Crippen molar-refractivity contribution in [3.8, 4) is 5.75 Å². The highest BCUT2D eigenvalue weighted by Crippen LogP contribution is 2.18. The first kappa shape index (κ1) is 16.7. The Morgan fingerprint density at radius 3 is 3.00 bits per heavy atom. The van der Waals surface area contributed by atoms with Crippen molar-refractivity contribution >= 4 is 5.91 Å². The summed E-state index contributed by atoms with van der Waals surface area (Å²) in [5, 5.41) is 6.27. The summed E-state index contributed by atoms with van der Waals surface area (Å²) in [7, 11) is 0. The lowest BCUT2D eigenvalue weighted by molar-refractivity contribution is -0.128. The van der Waals surface area contributed by atoms with Crippen molar-refractivity contribution in [1.82, 2.24) is 10.6 Å². The highest BCUT2D eigenvalue weighted by Gasteiger charge is 2.20. The molecule has 2 N–H and O–H groups in total. The molecule has 22 heavy (non-hydrogen) atoms. The van der Waals surface area contributed by atoms with Gasteiger partial charge < -0.3 is 15.4 Å². The monoisotopic (exact) mass is 308 g/mol. The topological polar surface area (TPSA) is 50.4 Å². The Bertz CT molecular complexity index is 475. The molecule has 4 nitrogen and oxygen atoms in total. The molecule has 0 radical (unpaired) electrons. The van der Waals surface area contributed by atoms with Crippen LogP contribution in [-0.4, -0.2) is 31.6 Å². The van der Waals surface area contributed by atoms with E-state index in [0.717, 1.165) is 19.5 Å². The van der Waals surface area contributed by atoms with Crippen LogP contribution < -0.4 is 15.4 Å². The third-order valence-electron chi connectivity index (χ3n) is 4.02. The maximum absolute atomic E-state index is 13.6. The molecule has 1 aromatic rings. The van der Waals surface area contributed by atoms with Gasteiger partial charge in [0.15, 0.2) is 17.7 Å². The van der Waals surface area contributed by atoms with Gasteiger partial charge in [0.25, 0.3) is 5.91 Å². The Morgan fingerprint density at radius 2 is 2.32 bits per heavy atom. The zero-order valence-electron chi connectivity index (χ0n) is 13.1. The molecule has 2 unspecified atom stereocenters. The molecule has 1 aromatic carbocycles. The van der Waals surface area contributed by atoms with E-state index in [1.54, 1.807) is 18.2 Å². The van der Waals surface area contributed by atoms with E-state index in [-0.39, 0.29) is 11.7 Å². The van der Waals surface area contributed by atoms with Crippen molar-refractivity contribution < 1.29 is 13.9 Å². The molecule has 5 heteroatoms. The van der Waals surface area contributed by atoms with Crippen molar-refractivity contribution in [2.75, 3.05) is 19.6 Å². The lowest BCUT2D eigenvalue weighted by Crippen LogP contribution is -2.40. The zero-order valence-corrected chi connectivity index (χ0v) is 13.1. The van der Waals surface area contributed by atoms with E-state index < -0.39 is 11.9 Å². The second kappa shape index (κ2) is 8.73. The molecule has 2 atom stereocenters. The quantitative estimate of drug-likeness (QED) is 0.813. The van der Waals surface area contributed by atoms with Crippen molar-refractivity contribution in [3.63, 3.8) is 0 Å². The smallest absolute Gasteiger partial charge is 0.261 e. The van der Waals surface area contributed by atoms with Crippen LogP contribution in [0.25, 0.3) is 0 Å². The fraction of sp³-hybridized carbons (Fsp3) is 0.588. The number of benzene rings is 1. The van der Waals surface area contributed by atoms with Crippen LogP contribution in [0.5, 0.6) is 5.75 Å². The number of carbonyl (C=O) groups excluding carboxylic acids is 1. The van der Waals surface area contributed by atoms with Crippen LogP contribution in [0.15, 0.2) is 24.3 Å². The minimum Gasteiger partial charge on any atom is -0.478 e. The Balaban J connectivity index is 1.77. The maximum atomic E-state index is 13.6. The Hall–Kier alpha value is -1.62. The molecular formula is C17H25FN2O2. The molecule has 0 bridgehead atoms. The fourth-order valence-corrected chi connectivity index (χ4v) is 2.70. The molecule has 0 spiro atoms. The average molecular weight is 308 g/mol. The number of amides is 1. The predicted molar refractivity (Wildman–Crippen MR) is 84.3 cm³/mol. The number of hydrogen-bond acceptors (Lipinski definition) is 3. The minimum atomic E-state index is -0.651. The van der Waals surface area contributed by atoms with E-state index >= 15 is 0 Å². The van der Waals surface area contributed by atoms with Crippen LogP contribution in [-0.2, 0) is 4.79 Å². The summed E-state index contributed by atoms with van der Waals surface area (Å²) in [4.78, 5) is 12.2. The lowest BCUT2D eigenvalue weighted by atomic mass is 9.96. The van der Waals surface area contributed by atoms with Gasteiger partial charge in [-0.15, -0.1) is 0 Å². The van der Waals surface area contributed by atoms with Crippen LogP contribution in [0.4, 0.5) is 4.39 Å². The average Bonchev–Trinajstić information content (AvgIpc) is 2.55. The van der Waals surface area contributed by atoms with Gasteiger partial charge in [-0.3, -0.25) is 4.79 Å². The Labute approximate surface area is 131 Å². The van der Waals surface area contributed by atoms with Crippen LogP contribution >= 0.6 is 0 Å². The van der Waals surface area contributed by atoms with Gasteiger partial charge in [0, 0.05) is 6.54 Å². The third-order valence-corrected chi connectivity index (χ3v) is 4.02. The first-order valence-corrected chi connectivity index (χ1v) is 8.10. The highest BCUT2D eigenvalue weighted by atomic mass is 19.1. The lowest BCUT2D eigenvalue weighted by Gasteiger charge is -2.23. The summed E-state index contributed by atoms with van der Waals surface area (Å²) in [6.45, 7) is 4.62. The molecule has 1 aliphatic rings. The van der Waals surface area contributed by atoms with E-state index in [0.29, 0.717) is 18.9 Å². The normalized spacial score (nSPS) is 19.5. The number of piperidine rings is 1. The minimum absolute atomic E-state index is 0.126. The van der Waals surface area contributed by atoms with Crippen molar-refractivity contribution in [1.29, 1.82) is 0 Å². The van der Waals surface area contributed by atoms with Crippen molar-refractivity contribution in [3.05, 3.63) is 30.1 Å². The highest BCUT2D eigenvalue weighted by molar-refractivity contribution is 5.81. The number of hydrogen-bond donors (Lipinski definition) is 2. The van der Waals surface area contributed by atoms with Crippen LogP contribution in [0, 0.1) is 11.7 Å². The van der Waals surface area contributed by atoms with E-state index in [4.69, 9.17) is 4.74 Å². The SMILES string of the molecule is CCC(Oc1ccccc1F)C(=O)NCCC1CCCNC1. The molecule has 122 valence electrons. The first-order valence-electron chi connectivity index (χ1n) is 8.10. The van der Waals surface area contributed by atoms with Gasteiger partial charge in [-0.05, 0) is 56.8 Å². The summed E-state index contributed by atoms with van der Waals surface area (Å²) >= 11 is 0. The second-order valence-electron chi connectivity index (χ2n) is 5.74. The summed E-state index contributed by atoms with van der Waals surface area (Å²) < 4.78 is 19.1. The molecular weight excluding hydrogens is 283 g/mol. The third kappa shape index (κ3) is 4.98. The van der Waals surface area contributed by atoms with Crippen molar-refractivity contribution in [2.24, 2.45) is 5.92 Å². The summed E-state index contributed by atoms with van der Waals surface area (Å²) in [6.07, 6.45) is 3.24. The standard InChI is InChI=1S/C17H25FN2O2/c1-2-15(22-16-8-4-3-7-14(16)18)17(21)20-11-9-13-6-5-10-19-12-13/h3-4,7-8,13,15,19H,2,5-6,9-12H2,1H3,(H,20,21). The van der Waals surface area contributed by atoms with Gasteiger partial charge in [0.2, 0.25) is 0 Å².